The summed E-state index contributed by atoms with van der Waals surface area (Å²) in [6.45, 7) is 2.87. The van der Waals surface area contributed by atoms with Gasteiger partial charge in [0.1, 0.15) is 0 Å². The van der Waals surface area contributed by atoms with Crippen molar-refractivity contribution >= 4 is 17.7 Å². The van der Waals surface area contributed by atoms with E-state index in [-0.39, 0.29) is 11.9 Å². The SMILES string of the molecule is O=C(CSc1nnnn1C1CCCCC1)N[C@H]1CCN(Cc2ccccc2)C1. The summed E-state index contributed by atoms with van der Waals surface area (Å²) in [5.41, 5.74) is 1.32. The molecule has 28 heavy (non-hydrogen) atoms. The van der Waals surface area contributed by atoms with Crippen molar-refractivity contribution in [3.63, 3.8) is 0 Å². The third-order valence-electron chi connectivity index (χ3n) is 5.60. The van der Waals surface area contributed by atoms with Crippen LogP contribution in [0.5, 0.6) is 0 Å². The Hall–Kier alpha value is -1.93. The van der Waals surface area contributed by atoms with E-state index < -0.39 is 0 Å². The Balaban J connectivity index is 1.22. The van der Waals surface area contributed by atoms with E-state index in [0.29, 0.717) is 11.8 Å². The van der Waals surface area contributed by atoms with Crippen molar-refractivity contribution < 1.29 is 4.79 Å². The molecule has 8 heteroatoms. The lowest BCUT2D eigenvalue weighted by Gasteiger charge is -2.22. The second-order valence-corrected chi connectivity index (χ2v) is 8.70. The van der Waals surface area contributed by atoms with E-state index in [9.17, 15) is 4.79 Å². The second kappa shape index (κ2) is 9.52. The third-order valence-corrected chi connectivity index (χ3v) is 6.54. The Labute approximate surface area is 170 Å². The fraction of sp³-hybridized carbons (Fsp3) is 0.600. The summed E-state index contributed by atoms with van der Waals surface area (Å²) < 4.78 is 1.92. The van der Waals surface area contributed by atoms with Gasteiger partial charge in [-0.25, -0.2) is 4.68 Å². The smallest absolute Gasteiger partial charge is 0.230 e. The van der Waals surface area contributed by atoms with Gasteiger partial charge in [-0.15, -0.1) is 5.10 Å². The van der Waals surface area contributed by atoms with E-state index >= 15 is 0 Å². The predicted molar refractivity (Wildman–Crippen MR) is 109 cm³/mol. The van der Waals surface area contributed by atoms with Crippen LogP contribution in [0.4, 0.5) is 0 Å². The second-order valence-electron chi connectivity index (χ2n) is 7.76. The van der Waals surface area contributed by atoms with Gasteiger partial charge < -0.3 is 5.32 Å². The van der Waals surface area contributed by atoms with E-state index in [1.165, 1.54) is 36.6 Å². The highest BCUT2D eigenvalue weighted by Gasteiger charge is 2.25. The molecule has 1 aliphatic heterocycles. The minimum atomic E-state index is 0.0646. The number of carbonyl (C=O) groups is 1. The van der Waals surface area contributed by atoms with Crippen LogP contribution in [-0.4, -0.2) is 55.9 Å². The molecule has 2 aromatic rings. The van der Waals surface area contributed by atoms with E-state index in [1.807, 2.05) is 10.7 Å². The van der Waals surface area contributed by atoms with Gasteiger partial charge in [0.05, 0.1) is 11.8 Å². The van der Waals surface area contributed by atoms with Crippen molar-refractivity contribution in [2.75, 3.05) is 18.8 Å². The number of likely N-dealkylation sites (tertiary alicyclic amines) is 1. The number of rotatable bonds is 7. The first-order valence-corrected chi connectivity index (χ1v) is 11.2. The Morgan fingerprint density at radius 3 is 2.79 bits per heavy atom. The van der Waals surface area contributed by atoms with Crippen molar-refractivity contribution in [1.82, 2.24) is 30.4 Å². The maximum atomic E-state index is 12.4. The molecule has 1 N–H and O–H groups in total. The lowest BCUT2D eigenvalue weighted by atomic mass is 9.96. The maximum absolute atomic E-state index is 12.4. The lowest BCUT2D eigenvalue weighted by molar-refractivity contribution is -0.119. The van der Waals surface area contributed by atoms with E-state index in [2.05, 4.69) is 50.0 Å². The minimum Gasteiger partial charge on any atom is -0.351 e. The first-order valence-electron chi connectivity index (χ1n) is 10.2. The minimum absolute atomic E-state index is 0.0646. The van der Waals surface area contributed by atoms with Gasteiger partial charge in [0.25, 0.3) is 0 Å². The first kappa shape index (κ1) is 19.4. The van der Waals surface area contributed by atoms with Crippen LogP contribution in [0.3, 0.4) is 0 Å². The van der Waals surface area contributed by atoms with Crippen LogP contribution in [0, 0.1) is 0 Å². The van der Waals surface area contributed by atoms with Crippen molar-refractivity contribution in [2.45, 2.75) is 62.3 Å². The molecule has 2 aliphatic rings. The van der Waals surface area contributed by atoms with Gasteiger partial charge in [0.15, 0.2) is 0 Å². The number of amides is 1. The molecule has 1 aromatic carbocycles. The molecule has 0 bridgehead atoms. The van der Waals surface area contributed by atoms with Crippen molar-refractivity contribution in [3.05, 3.63) is 35.9 Å². The highest BCUT2D eigenvalue weighted by molar-refractivity contribution is 7.99. The highest BCUT2D eigenvalue weighted by Crippen LogP contribution is 2.30. The number of tetrazole rings is 1. The summed E-state index contributed by atoms with van der Waals surface area (Å²) in [4.78, 5) is 14.8. The molecule has 1 saturated heterocycles. The fourth-order valence-electron chi connectivity index (χ4n) is 4.17. The van der Waals surface area contributed by atoms with Crippen LogP contribution in [0.1, 0.15) is 50.1 Å². The van der Waals surface area contributed by atoms with Gasteiger partial charge in [0.2, 0.25) is 11.1 Å². The molecule has 7 nitrogen and oxygen atoms in total. The summed E-state index contributed by atoms with van der Waals surface area (Å²) in [7, 11) is 0. The largest absolute Gasteiger partial charge is 0.351 e. The molecule has 150 valence electrons. The molecule has 1 aromatic heterocycles. The fourth-order valence-corrected chi connectivity index (χ4v) is 4.93. The van der Waals surface area contributed by atoms with E-state index in [1.54, 1.807) is 0 Å². The zero-order valence-corrected chi connectivity index (χ0v) is 17.0. The maximum Gasteiger partial charge on any atom is 0.230 e. The highest BCUT2D eigenvalue weighted by atomic mass is 32.2. The lowest BCUT2D eigenvalue weighted by Crippen LogP contribution is -2.38. The van der Waals surface area contributed by atoms with Crippen LogP contribution in [0.25, 0.3) is 0 Å². The monoisotopic (exact) mass is 400 g/mol. The molecule has 1 amide bonds. The third kappa shape index (κ3) is 5.11. The summed E-state index contributed by atoms with van der Waals surface area (Å²) in [5.74, 6) is 0.428. The molecule has 0 unspecified atom stereocenters. The number of carbonyl (C=O) groups excluding carboxylic acids is 1. The van der Waals surface area contributed by atoms with Crippen molar-refractivity contribution in [3.8, 4) is 0 Å². The van der Waals surface area contributed by atoms with Crippen LogP contribution in [0.2, 0.25) is 0 Å². The zero-order valence-electron chi connectivity index (χ0n) is 16.2. The normalized spacial score (nSPS) is 21.1. The number of hydrogen-bond donors (Lipinski definition) is 1. The van der Waals surface area contributed by atoms with Crippen LogP contribution in [-0.2, 0) is 11.3 Å². The Bertz CT molecular complexity index is 761. The standard InChI is InChI=1S/C20H28N6OS/c27-19(15-28-20-22-23-24-26(20)18-9-5-2-6-10-18)21-17-11-12-25(14-17)13-16-7-3-1-4-8-16/h1,3-4,7-8,17-18H,2,5-6,9-15H2,(H,21,27)/t17-/m0/s1. The van der Waals surface area contributed by atoms with Crippen LogP contribution < -0.4 is 5.32 Å². The van der Waals surface area contributed by atoms with Crippen LogP contribution in [0.15, 0.2) is 35.5 Å². The number of thioether (sulfide) groups is 1. The zero-order chi connectivity index (χ0) is 19.2. The number of benzene rings is 1. The predicted octanol–water partition coefficient (Wildman–Crippen LogP) is 2.66. The molecule has 0 radical (unpaired) electrons. The van der Waals surface area contributed by atoms with Gasteiger partial charge in [0, 0.05) is 25.7 Å². The Morgan fingerprint density at radius 1 is 1.14 bits per heavy atom. The molecule has 1 aliphatic carbocycles. The molecular formula is C20H28N6OS. The van der Waals surface area contributed by atoms with Crippen LogP contribution >= 0.6 is 11.8 Å². The number of nitrogens with one attached hydrogen (secondary N) is 1. The molecule has 2 heterocycles. The van der Waals surface area contributed by atoms with Crippen molar-refractivity contribution in [2.24, 2.45) is 0 Å². The van der Waals surface area contributed by atoms with E-state index in [4.69, 9.17) is 0 Å². The molecule has 4 rings (SSSR count). The Kier molecular flexibility index (Phi) is 6.59. The van der Waals surface area contributed by atoms with Gasteiger partial charge in [-0.1, -0.05) is 61.4 Å². The summed E-state index contributed by atoms with van der Waals surface area (Å²) in [6.07, 6.45) is 7.02. The van der Waals surface area contributed by atoms with E-state index in [0.717, 1.165) is 44.1 Å². The van der Waals surface area contributed by atoms with Gasteiger partial charge in [-0.05, 0) is 35.3 Å². The molecule has 1 atom stereocenters. The van der Waals surface area contributed by atoms with Gasteiger partial charge >= 0.3 is 0 Å². The van der Waals surface area contributed by atoms with Gasteiger partial charge in [-0.3, -0.25) is 9.69 Å². The average molecular weight is 401 g/mol. The van der Waals surface area contributed by atoms with Crippen molar-refractivity contribution in [1.29, 1.82) is 0 Å². The first-order chi connectivity index (χ1) is 13.8. The number of hydrogen-bond acceptors (Lipinski definition) is 6. The average Bonchev–Trinajstić information content (AvgIpc) is 3.37. The Morgan fingerprint density at radius 2 is 1.96 bits per heavy atom. The molecule has 0 spiro atoms. The summed E-state index contributed by atoms with van der Waals surface area (Å²) in [5, 5.41) is 16.1. The number of nitrogens with zero attached hydrogens (tertiary/aromatic N) is 5. The molecule has 2 fully saturated rings. The summed E-state index contributed by atoms with van der Waals surface area (Å²) >= 11 is 1.44. The molecule has 1 saturated carbocycles. The number of aromatic nitrogens is 4. The quantitative estimate of drug-likeness (QED) is 0.720. The topological polar surface area (TPSA) is 75.9 Å². The molecular weight excluding hydrogens is 372 g/mol. The van der Waals surface area contributed by atoms with Gasteiger partial charge in [-0.2, -0.15) is 0 Å². The summed E-state index contributed by atoms with van der Waals surface area (Å²) in [6, 6.07) is 11.1.